The molecule has 0 atom stereocenters. The number of rotatable bonds is 5. The Hall–Kier alpha value is -2.34. The van der Waals surface area contributed by atoms with Crippen LogP contribution in [0.15, 0.2) is 65.8 Å². The summed E-state index contributed by atoms with van der Waals surface area (Å²) in [6.45, 7) is 0. The first-order valence-electron chi connectivity index (χ1n) is 8.01. The average molecular weight is 600 g/mol. The highest BCUT2D eigenvalue weighted by atomic mass is 127. The molecule has 0 aromatic heterocycles. The fraction of sp³-hybridized carbons (Fsp3) is 0. The molecule has 0 fully saturated rings. The van der Waals surface area contributed by atoms with Gasteiger partial charge in [0.25, 0.3) is 5.91 Å². The SMILES string of the molecule is O=C(N/N=C\c1cc(I)c(O)c(I)c1)c1ccc(Oc2ccc(O)cc2)cc1. The topological polar surface area (TPSA) is 91.2 Å². The first-order valence-corrected chi connectivity index (χ1v) is 10.2. The molecule has 1 amide bonds. The van der Waals surface area contributed by atoms with Crippen molar-refractivity contribution in [1.29, 1.82) is 0 Å². The monoisotopic (exact) mass is 600 g/mol. The quantitative estimate of drug-likeness (QED) is 0.222. The van der Waals surface area contributed by atoms with Crippen LogP contribution in [0.25, 0.3) is 0 Å². The van der Waals surface area contributed by atoms with Gasteiger partial charge in [0.05, 0.1) is 13.4 Å². The van der Waals surface area contributed by atoms with Crippen LogP contribution < -0.4 is 10.2 Å². The fourth-order valence-corrected chi connectivity index (χ4v) is 4.03. The lowest BCUT2D eigenvalue weighted by Gasteiger charge is -2.06. The molecule has 6 nitrogen and oxygen atoms in total. The van der Waals surface area contributed by atoms with E-state index in [2.05, 4.69) is 10.5 Å². The predicted molar refractivity (Wildman–Crippen MR) is 123 cm³/mol. The highest BCUT2D eigenvalue weighted by Gasteiger charge is 2.06. The molecule has 0 radical (unpaired) electrons. The van der Waals surface area contributed by atoms with Crippen LogP contribution >= 0.6 is 45.2 Å². The summed E-state index contributed by atoms with van der Waals surface area (Å²) in [6, 6.07) is 16.5. The van der Waals surface area contributed by atoms with Crippen LogP contribution in [-0.4, -0.2) is 22.3 Å². The maximum Gasteiger partial charge on any atom is 0.271 e. The van der Waals surface area contributed by atoms with Crippen LogP contribution in [0.1, 0.15) is 15.9 Å². The number of phenolic OH excluding ortho intramolecular Hbond substituents is 2. The van der Waals surface area contributed by atoms with Gasteiger partial charge in [0.15, 0.2) is 0 Å². The summed E-state index contributed by atoms with van der Waals surface area (Å²) in [4.78, 5) is 12.2. The second-order valence-corrected chi connectivity index (χ2v) is 7.98. The highest BCUT2D eigenvalue weighted by molar-refractivity contribution is 14.1. The minimum absolute atomic E-state index is 0.164. The zero-order valence-electron chi connectivity index (χ0n) is 14.3. The fourth-order valence-electron chi connectivity index (χ4n) is 2.21. The van der Waals surface area contributed by atoms with Gasteiger partial charge in [0.1, 0.15) is 23.0 Å². The van der Waals surface area contributed by atoms with Crippen molar-refractivity contribution >= 4 is 57.3 Å². The Morgan fingerprint density at radius 3 is 2.04 bits per heavy atom. The third-order valence-corrected chi connectivity index (χ3v) is 5.25. The standard InChI is InChI=1S/C20H14I2N2O4/c21-17-9-12(10-18(22)19(17)26)11-23-24-20(27)13-1-5-15(6-2-13)28-16-7-3-14(25)4-8-16/h1-11,25-26H,(H,24,27)/b23-11-. The largest absolute Gasteiger partial charge is 0.508 e. The molecule has 0 bridgehead atoms. The summed E-state index contributed by atoms with van der Waals surface area (Å²) in [5.41, 5.74) is 3.67. The maximum atomic E-state index is 12.2. The lowest BCUT2D eigenvalue weighted by Crippen LogP contribution is -2.17. The molecular weight excluding hydrogens is 586 g/mol. The molecule has 0 unspecified atom stereocenters. The predicted octanol–water partition coefficient (Wildman–Crippen LogP) is 4.86. The number of benzene rings is 3. The van der Waals surface area contributed by atoms with E-state index in [1.54, 1.807) is 48.5 Å². The van der Waals surface area contributed by atoms with Crippen molar-refractivity contribution < 1.29 is 19.7 Å². The lowest BCUT2D eigenvalue weighted by atomic mass is 10.2. The number of carbonyl (C=O) groups is 1. The molecule has 3 aromatic rings. The number of halogens is 2. The van der Waals surface area contributed by atoms with Gasteiger partial charge in [-0.2, -0.15) is 5.10 Å². The van der Waals surface area contributed by atoms with E-state index in [4.69, 9.17) is 4.74 Å². The van der Waals surface area contributed by atoms with Gasteiger partial charge in [0, 0.05) is 5.56 Å². The van der Waals surface area contributed by atoms with E-state index in [0.717, 1.165) is 5.56 Å². The Morgan fingerprint density at radius 2 is 1.46 bits per heavy atom. The minimum Gasteiger partial charge on any atom is -0.508 e. The van der Waals surface area contributed by atoms with Gasteiger partial charge in [-0.3, -0.25) is 4.79 Å². The van der Waals surface area contributed by atoms with E-state index in [1.165, 1.54) is 18.3 Å². The van der Waals surface area contributed by atoms with Crippen molar-refractivity contribution in [1.82, 2.24) is 5.43 Å². The first-order chi connectivity index (χ1) is 13.4. The molecule has 0 aliphatic heterocycles. The van der Waals surface area contributed by atoms with Gasteiger partial charge >= 0.3 is 0 Å². The Balaban J connectivity index is 1.61. The van der Waals surface area contributed by atoms with Crippen molar-refractivity contribution in [3.8, 4) is 23.0 Å². The van der Waals surface area contributed by atoms with Crippen LogP contribution in [0.4, 0.5) is 0 Å². The Kier molecular flexibility index (Phi) is 6.73. The molecule has 28 heavy (non-hydrogen) atoms. The van der Waals surface area contributed by atoms with Crippen LogP contribution in [0.3, 0.4) is 0 Å². The third kappa shape index (κ3) is 5.35. The third-order valence-electron chi connectivity index (χ3n) is 3.61. The van der Waals surface area contributed by atoms with Crippen LogP contribution in [0, 0.1) is 7.14 Å². The Bertz CT molecular complexity index is 996. The van der Waals surface area contributed by atoms with E-state index < -0.39 is 0 Å². The smallest absolute Gasteiger partial charge is 0.271 e. The molecule has 0 aliphatic carbocycles. The van der Waals surface area contributed by atoms with Crippen molar-refractivity contribution in [2.75, 3.05) is 0 Å². The summed E-state index contributed by atoms with van der Waals surface area (Å²) in [5, 5.41) is 23.0. The molecule has 8 heteroatoms. The number of phenols is 2. The van der Waals surface area contributed by atoms with E-state index in [1.807, 2.05) is 45.2 Å². The zero-order chi connectivity index (χ0) is 20.1. The number of hydrogen-bond acceptors (Lipinski definition) is 5. The Morgan fingerprint density at radius 1 is 0.929 bits per heavy atom. The van der Waals surface area contributed by atoms with Crippen LogP contribution in [0.2, 0.25) is 0 Å². The molecule has 3 aromatic carbocycles. The van der Waals surface area contributed by atoms with Gasteiger partial charge in [-0.15, -0.1) is 0 Å². The van der Waals surface area contributed by atoms with Gasteiger partial charge in [-0.1, -0.05) is 0 Å². The molecule has 0 heterocycles. The molecular formula is C20H14I2N2O4. The maximum absolute atomic E-state index is 12.2. The number of nitrogens with one attached hydrogen (secondary N) is 1. The molecule has 3 rings (SSSR count). The van der Waals surface area contributed by atoms with Crippen molar-refractivity contribution in [3.05, 3.63) is 78.9 Å². The molecule has 0 saturated heterocycles. The second-order valence-electron chi connectivity index (χ2n) is 5.65. The summed E-state index contributed by atoms with van der Waals surface area (Å²) >= 11 is 4.07. The number of nitrogens with zero attached hydrogens (tertiary/aromatic N) is 1. The summed E-state index contributed by atoms with van der Waals surface area (Å²) in [5.74, 6) is 1.20. The number of hydrogen-bond donors (Lipinski definition) is 3. The van der Waals surface area contributed by atoms with Gasteiger partial charge < -0.3 is 14.9 Å². The van der Waals surface area contributed by atoms with E-state index >= 15 is 0 Å². The summed E-state index contributed by atoms with van der Waals surface area (Å²) < 4.78 is 7.06. The normalized spacial score (nSPS) is 10.8. The Labute approximate surface area is 188 Å². The molecule has 0 saturated carbocycles. The average Bonchev–Trinajstić information content (AvgIpc) is 2.68. The van der Waals surface area contributed by atoms with Crippen LogP contribution in [-0.2, 0) is 0 Å². The summed E-state index contributed by atoms with van der Waals surface area (Å²) in [6.07, 6.45) is 1.52. The van der Waals surface area contributed by atoms with E-state index in [9.17, 15) is 15.0 Å². The zero-order valence-corrected chi connectivity index (χ0v) is 18.6. The van der Waals surface area contributed by atoms with Gasteiger partial charge in [0.2, 0.25) is 0 Å². The lowest BCUT2D eigenvalue weighted by molar-refractivity contribution is 0.0955. The van der Waals surface area contributed by atoms with Gasteiger partial charge in [-0.05, 0) is 111 Å². The van der Waals surface area contributed by atoms with Gasteiger partial charge in [-0.25, -0.2) is 5.43 Å². The molecule has 3 N–H and O–H groups in total. The first kappa shape index (κ1) is 20.4. The molecule has 142 valence electrons. The second kappa shape index (κ2) is 9.24. The summed E-state index contributed by atoms with van der Waals surface area (Å²) in [7, 11) is 0. The van der Waals surface area contributed by atoms with Crippen LogP contribution in [0.5, 0.6) is 23.0 Å². The van der Waals surface area contributed by atoms with E-state index in [-0.39, 0.29) is 17.4 Å². The number of ether oxygens (including phenoxy) is 1. The number of carbonyl (C=O) groups excluding carboxylic acids is 1. The van der Waals surface area contributed by atoms with Crippen molar-refractivity contribution in [2.45, 2.75) is 0 Å². The van der Waals surface area contributed by atoms with E-state index in [0.29, 0.717) is 24.2 Å². The van der Waals surface area contributed by atoms with Crippen molar-refractivity contribution in [3.63, 3.8) is 0 Å². The number of amides is 1. The molecule has 0 spiro atoms. The number of hydrazone groups is 1. The minimum atomic E-state index is -0.351. The number of aromatic hydroxyl groups is 2. The molecule has 0 aliphatic rings. The highest BCUT2D eigenvalue weighted by Crippen LogP contribution is 2.27. The van der Waals surface area contributed by atoms with Crippen molar-refractivity contribution in [2.24, 2.45) is 5.10 Å².